The van der Waals surface area contributed by atoms with E-state index in [2.05, 4.69) is 29.5 Å². The van der Waals surface area contributed by atoms with Crippen molar-refractivity contribution >= 4 is 22.9 Å². The summed E-state index contributed by atoms with van der Waals surface area (Å²) in [5, 5.41) is 9.43. The third kappa shape index (κ3) is 4.39. The van der Waals surface area contributed by atoms with E-state index in [0.29, 0.717) is 18.0 Å². The van der Waals surface area contributed by atoms with E-state index in [4.69, 9.17) is 0 Å². The standard InChI is InChI=1S/C21H26N4OS/c1-14(2)19(24-17-8-6-5-7-9-17)13-23-20(26)18-12-15(3)25(16(18)4)21-22-10-11-27-21/h5-12,14,19,24H,13H2,1-4H3,(H,23,26). The maximum absolute atomic E-state index is 12.8. The molecule has 2 N–H and O–H groups in total. The Hall–Kier alpha value is -2.60. The zero-order valence-corrected chi connectivity index (χ0v) is 17.0. The highest BCUT2D eigenvalue weighted by Crippen LogP contribution is 2.22. The Kier molecular flexibility index (Phi) is 5.96. The monoisotopic (exact) mass is 382 g/mol. The molecule has 0 spiro atoms. The first-order valence-electron chi connectivity index (χ1n) is 9.16. The Morgan fingerprint density at radius 3 is 2.59 bits per heavy atom. The fourth-order valence-corrected chi connectivity index (χ4v) is 3.86. The van der Waals surface area contributed by atoms with Crippen LogP contribution in [0.3, 0.4) is 0 Å². The average Bonchev–Trinajstić information content (AvgIpc) is 3.26. The Morgan fingerprint density at radius 1 is 1.22 bits per heavy atom. The fraction of sp³-hybridized carbons (Fsp3) is 0.333. The number of hydrogen-bond donors (Lipinski definition) is 2. The Bertz CT molecular complexity index is 885. The van der Waals surface area contributed by atoms with Gasteiger partial charge in [0.15, 0.2) is 5.13 Å². The van der Waals surface area contributed by atoms with E-state index in [9.17, 15) is 4.79 Å². The van der Waals surface area contributed by atoms with Crippen molar-refractivity contribution in [3.05, 3.63) is 64.9 Å². The highest BCUT2D eigenvalue weighted by molar-refractivity contribution is 7.12. The summed E-state index contributed by atoms with van der Waals surface area (Å²) >= 11 is 1.56. The van der Waals surface area contributed by atoms with Crippen LogP contribution >= 0.6 is 11.3 Å². The molecule has 0 aliphatic carbocycles. The van der Waals surface area contributed by atoms with Gasteiger partial charge in [-0.1, -0.05) is 32.0 Å². The molecule has 0 radical (unpaired) electrons. The Morgan fingerprint density at radius 2 is 1.96 bits per heavy atom. The molecule has 0 aliphatic rings. The van der Waals surface area contributed by atoms with Gasteiger partial charge in [-0.25, -0.2) is 4.98 Å². The number of thiazole rings is 1. The molecule has 1 atom stereocenters. The number of nitrogens with one attached hydrogen (secondary N) is 2. The van der Waals surface area contributed by atoms with Crippen LogP contribution in [0, 0.1) is 19.8 Å². The summed E-state index contributed by atoms with van der Waals surface area (Å²) in [6.07, 6.45) is 1.78. The second-order valence-corrected chi connectivity index (χ2v) is 7.88. The lowest BCUT2D eigenvalue weighted by atomic mass is 10.0. The van der Waals surface area contributed by atoms with Crippen molar-refractivity contribution in [2.75, 3.05) is 11.9 Å². The first-order valence-corrected chi connectivity index (χ1v) is 10.0. The van der Waals surface area contributed by atoms with Gasteiger partial charge in [-0.15, -0.1) is 11.3 Å². The molecule has 1 unspecified atom stereocenters. The van der Waals surface area contributed by atoms with Crippen molar-refractivity contribution in [2.24, 2.45) is 5.92 Å². The molecule has 3 rings (SSSR count). The minimum atomic E-state index is -0.0496. The van der Waals surface area contributed by atoms with E-state index in [1.807, 2.05) is 60.2 Å². The highest BCUT2D eigenvalue weighted by Gasteiger charge is 2.20. The van der Waals surface area contributed by atoms with Crippen LogP contribution in [0.15, 0.2) is 48.0 Å². The lowest BCUT2D eigenvalue weighted by molar-refractivity contribution is 0.0949. The number of aryl methyl sites for hydroxylation is 1. The highest BCUT2D eigenvalue weighted by atomic mass is 32.1. The summed E-state index contributed by atoms with van der Waals surface area (Å²) in [6, 6.07) is 12.2. The van der Waals surface area contributed by atoms with Crippen LogP contribution in [-0.2, 0) is 0 Å². The van der Waals surface area contributed by atoms with Crippen molar-refractivity contribution < 1.29 is 4.79 Å². The molecule has 0 bridgehead atoms. The number of nitrogens with zero attached hydrogens (tertiary/aromatic N) is 2. The molecule has 1 amide bonds. The summed E-state index contributed by atoms with van der Waals surface area (Å²) in [5.74, 6) is 0.333. The predicted octanol–water partition coefficient (Wildman–Crippen LogP) is 4.42. The van der Waals surface area contributed by atoms with E-state index in [-0.39, 0.29) is 11.9 Å². The molecule has 5 nitrogen and oxygen atoms in total. The topological polar surface area (TPSA) is 59.0 Å². The van der Waals surface area contributed by atoms with Crippen molar-refractivity contribution in [1.82, 2.24) is 14.9 Å². The molecule has 2 aromatic heterocycles. The summed E-state index contributed by atoms with van der Waals surface area (Å²) in [6.45, 7) is 8.83. The third-order valence-electron chi connectivity index (χ3n) is 4.70. The Balaban J connectivity index is 1.70. The molecule has 6 heteroatoms. The van der Waals surface area contributed by atoms with Gasteiger partial charge in [0.2, 0.25) is 0 Å². The largest absolute Gasteiger partial charge is 0.380 e. The third-order valence-corrected chi connectivity index (χ3v) is 5.46. The van der Waals surface area contributed by atoms with Crippen molar-refractivity contribution in [3.8, 4) is 5.13 Å². The summed E-state index contributed by atoms with van der Waals surface area (Å²) in [4.78, 5) is 17.2. The number of rotatable bonds is 7. The molecule has 2 heterocycles. The van der Waals surface area contributed by atoms with Gasteiger partial charge in [-0.3, -0.25) is 9.36 Å². The second kappa shape index (κ2) is 8.39. The van der Waals surface area contributed by atoms with Crippen LogP contribution in [-0.4, -0.2) is 28.0 Å². The molecule has 0 saturated heterocycles. The van der Waals surface area contributed by atoms with Crippen molar-refractivity contribution in [2.45, 2.75) is 33.7 Å². The summed E-state index contributed by atoms with van der Waals surface area (Å²) in [5.41, 5.74) is 3.68. The minimum absolute atomic E-state index is 0.0496. The quantitative estimate of drug-likeness (QED) is 0.636. The zero-order chi connectivity index (χ0) is 19.4. The molecule has 0 saturated carbocycles. The predicted molar refractivity (Wildman–Crippen MR) is 112 cm³/mol. The van der Waals surface area contributed by atoms with Crippen LogP contribution in [0.4, 0.5) is 5.69 Å². The zero-order valence-electron chi connectivity index (χ0n) is 16.2. The number of carbonyl (C=O) groups is 1. The van der Waals surface area contributed by atoms with Crippen LogP contribution in [0.2, 0.25) is 0 Å². The lowest BCUT2D eigenvalue weighted by Crippen LogP contribution is -2.39. The SMILES string of the molecule is Cc1cc(C(=O)NCC(Nc2ccccc2)C(C)C)c(C)n1-c1nccs1. The fourth-order valence-electron chi connectivity index (χ4n) is 3.11. The molecule has 0 fully saturated rings. The van der Waals surface area contributed by atoms with E-state index >= 15 is 0 Å². The average molecular weight is 383 g/mol. The Labute approximate surface area is 164 Å². The number of benzene rings is 1. The van der Waals surface area contributed by atoms with Crippen molar-refractivity contribution in [1.29, 1.82) is 0 Å². The van der Waals surface area contributed by atoms with E-state index in [1.54, 1.807) is 17.5 Å². The van der Waals surface area contributed by atoms with Gasteiger partial charge in [0.25, 0.3) is 5.91 Å². The molecule has 27 heavy (non-hydrogen) atoms. The molecule has 1 aromatic carbocycles. The van der Waals surface area contributed by atoms with E-state index < -0.39 is 0 Å². The second-order valence-electron chi connectivity index (χ2n) is 7.01. The molecule has 3 aromatic rings. The number of carbonyl (C=O) groups excluding carboxylic acids is 1. The van der Waals surface area contributed by atoms with Crippen LogP contribution in [0.1, 0.15) is 35.6 Å². The maximum Gasteiger partial charge on any atom is 0.253 e. The van der Waals surface area contributed by atoms with Gasteiger partial charge in [0.05, 0.1) is 5.56 Å². The number of para-hydroxylation sites is 1. The number of hydrogen-bond acceptors (Lipinski definition) is 4. The van der Waals surface area contributed by atoms with Crippen molar-refractivity contribution in [3.63, 3.8) is 0 Å². The molecule has 142 valence electrons. The van der Waals surface area contributed by atoms with Gasteiger partial charge in [-0.2, -0.15) is 0 Å². The van der Waals surface area contributed by atoms with Gasteiger partial charge in [-0.05, 0) is 38.0 Å². The van der Waals surface area contributed by atoms with Gasteiger partial charge < -0.3 is 10.6 Å². The van der Waals surface area contributed by atoms with Crippen LogP contribution < -0.4 is 10.6 Å². The molecular weight excluding hydrogens is 356 g/mol. The van der Waals surface area contributed by atoms with Gasteiger partial charge in [0, 0.05) is 41.2 Å². The van der Waals surface area contributed by atoms with Crippen LogP contribution in [0.25, 0.3) is 5.13 Å². The summed E-state index contributed by atoms with van der Waals surface area (Å²) in [7, 11) is 0. The number of aromatic nitrogens is 2. The summed E-state index contributed by atoms with van der Waals surface area (Å²) < 4.78 is 2.03. The van der Waals surface area contributed by atoms with Crippen LogP contribution in [0.5, 0.6) is 0 Å². The number of anilines is 1. The molecule has 0 aliphatic heterocycles. The first kappa shape index (κ1) is 19.2. The number of amides is 1. The first-order chi connectivity index (χ1) is 13.0. The molecular formula is C21H26N4OS. The van der Waals surface area contributed by atoms with Gasteiger partial charge in [0.1, 0.15) is 0 Å². The normalized spacial score (nSPS) is 12.2. The van der Waals surface area contributed by atoms with Gasteiger partial charge >= 0.3 is 0 Å². The lowest BCUT2D eigenvalue weighted by Gasteiger charge is -2.24. The minimum Gasteiger partial charge on any atom is -0.380 e. The van der Waals surface area contributed by atoms with E-state index in [0.717, 1.165) is 22.2 Å². The smallest absolute Gasteiger partial charge is 0.253 e. The van der Waals surface area contributed by atoms with E-state index in [1.165, 1.54) is 0 Å². The maximum atomic E-state index is 12.8.